The van der Waals surface area contributed by atoms with Crippen molar-refractivity contribution in [3.63, 3.8) is 0 Å². The average Bonchev–Trinajstić information content (AvgIpc) is 2.89. The van der Waals surface area contributed by atoms with E-state index in [1.807, 2.05) is 30.3 Å². The molecular formula is C17H12ClNO3. The Morgan fingerprint density at radius 2 is 1.82 bits per heavy atom. The number of carbonyl (C=O) groups is 2. The van der Waals surface area contributed by atoms with E-state index in [1.165, 1.54) is 7.11 Å². The zero-order chi connectivity index (χ0) is 15.7. The fourth-order valence-electron chi connectivity index (χ4n) is 2.36. The van der Waals surface area contributed by atoms with Crippen molar-refractivity contribution < 1.29 is 14.3 Å². The zero-order valence-corrected chi connectivity index (χ0v) is 12.5. The second-order valence-corrected chi connectivity index (χ2v) is 5.14. The highest BCUT2D eigenvalue weighted by Crippen LogP contribution is 2.39. The molecule has 0 bridgehead atoms. The summed E-state index contributed by atoms with van der Waals surface area (Å²) >= 11 is 6.39. The second-order valence-electron chi connectivity index (χ2n) is 4.76. The normalized spacial score (nSPS) is 15.1. The molecule has 0 saturated heterocycles. The van der Waals surface area contributed by atoms with Crippen molar-refractivity contribution in [3.05, 3.63) is 65.2 Å². The molecule has 1 aliphatic rings. The minimum absolute atomic E-state index is 0.286. The quantitative estimate of drug-likeness (QED) is 0.681. The predicted octanol–water partition coefficient (Wildman–Crippen LogP) is 3.53. The second kappa shape index (κ2) is 5.66. The van der Waals surface area contributed by atoms with Gasteiger partial charge in [-0.2, -0.15) is 0 Å². The molecule has 22 heavy (non-hydrogen) atoms. The van der Waals surface area contributed by atoms with Gasteiger partial charge in [0.1, 0.15) is 0 Å². The number of benzene rings is 2. The number of fused-ring (bicyclic) bond motifs is 1. The minimum atomic E-state index is -0.455. The van der Waals surface area contributed by atoms with Gasteiger partial charge in [-0.15, -0.1) is 0 Å². The molecule has 3 rings (SSSR count). The molecule has 1 N–H and O–H groups in total. The van der Waals surface area contributed by atoms with Gasteiger partial charge >= 0.3 is 5.97 Å². The Morgan fingerprint density at radius 1 is 1.09 bits per heavy atom. The molecule has 5 heteroatoms. The molecule has 0 unspecified atom stereocenters. The topological polar surface area (TPSA) is 55.4 Å². The number of nitrogens with one attached hydrogen (secondary N) is 1. The molecule has 0 aliphatic carbocycles. The summed E-state index contributed by atoms with van der Waals surface area (Å²) in [4.78, 5) is 23.8. The molecule has 0 spiro atoms. The fourth-order valence-corrected chi connectivity index (χ4v) is 2.68. The lowest BCUT2D eigenvalue weighted by atomic mass is 10.0. The number of hydrogen-bond donors (Lipinski definition) is 1. The van der Waals surface area contributed by atoms with Gasteiger partial charge in [0.25, 0.3) is 5.91 Å². The highest BCUT2D eigenvalue weighted by molar-refractivity contribution is 6.59. The van der Waals surface area contributed by atoms with Gasteiger partial charge in [-0.05, 0) is 17.7 Å². The Morgan fingerprint density at radius 3 is 2.50 bits per heavy atom. The number of anilines is 1. The summed E-state index contributed by atoms with van der Waals surface area (Å²) in [5.41, 5.74) is 2.76. The smallest absolute Gasteiger partial charge is 0.337 e. The predicted molar refractivity (Wildman–Crippen MR) is 85.5 cm³/mol. The van der Waals surface area contributed by atoms with Gasteiger partial charge in [-0.25, -0.2) is 4.79 Å². The molecule has 0 atom stereocenters. The first-order chi connectivity index (χ1) is 10.6. The third-order valence-corrected chi connectivity index (χ3v) is 3.84. The first-order valence-corrected chi connectivity index (χ1v) is 6.99. The van der Waals surface area contributed by atoms with E-state index in [4.69, 9.17) is 11.6 Å². The number of ether oxygens (including phenoxy) is 1. The van der Waals surface area contributed by atoms with E-state index in [1.54, 1.807) is 18.2 Å². The third-order valence-electron chi connectivity index (χ3n) is 3.43. The lowest BCUT2D eigenvalue weighted by molar-refractivity contribution is -0.110. The molecule has 2 aromatic carbocycles. The summed E-state index contributed by atoms with van der Waals surface area (Å²) in [5, 5.41) is 3.11. The Labute approximate surface area is 132 Å². The summed E-state index contributed by atoms with van der Waals surface area (Å²) in [7, 11) is 1.31. The van der Waals surface area contributed by atoms with Crippen LogP contribution in [0, 0.1) is 0 Å². The van der Waals surface area contributed by atoms with Crippen molar-refractivity contribution in [1.82, 2.24) is 0 Å². The van der Waals surface area contributed by atoms with Gasteiger partial charge in [0.2, 0.25) is 0 Å². The number of methoxy groups -OCH3 is 1. The summed E-state index contributed by atoms with van der Waals surface area (Å²) in [6, 6.07) is 14.1. The maximum Gasteiger partial charge on any atom is 0.337 e. The maximum atomic E-state index is 12.2. The van der Waals surface area contributed by atoms with E-state index in [2.05, 4.69) is 10.1 Å². The van der Waals surface area contributed by atoms with Gasteiger partial charge in [0.05, 0.1) is 23.3 Å². The van der Waals surface area contributed by atoms with E-state index in [0.717, 1.165) is 5.56 Å². The standard InChI is InChI=1S/C17H12ClNO3/c1-22-17(21)11-7-8-12-13(9-11)19-16(20)14(12)15(18)10-5-3-2-4-6-10/h2-9H,1H3,(H,19,20)/b15-14-. The van der Waals surface area contributed by atoms with Crippen LogP contribution in [0.5, 0.6) is 0 Å². The van der Waals surface area contributed by atoms with Crippen LogP contribution in [0.1, 0.15) is 21.5 Å². The number of rotatable bonds is 2. The van der Waals surface area contributed by atoms with Gasteiger partial charge in [-0.3, -0.25) is 4.79 Å². The van der Waals surface area contributed by atoms with Gasteiger partial charge in [-0.1, -0.05) is 48.0 Å². The Bertz CT molecular complexity index is 797. The molecule has 2 aromatic rings. The van der Waals surface area contributed by atoms with Gasteiger partial charge in [0, 0.05) is 11.3 Å². The number of esters is 1. The van der Waals surface area contributed by atoms with Crippen molar-refractivity contribution in [3.8, 4) is 0 Å². The molecule has 0 aromatic heterocycles. The molecule has 4 nitrogen and oxygen atoms in total. The fraction of sp³-hybridized carbons (Fsp3) is 0.0588. The number of carbonyl (C=O) groups excluding carboxylic acids is 2. The first-order valence-electron chi connectivity index (χ1n) is 6.61. The van der Waals surface area contributed by atoms with Crippen LogP contribution >= 0.6 is 11.6 Å². The van der Waals surface area contributed by atoms with Crippen LogP contribution in [0.3, 0.4) is 0 Å². The summed E-state index contributed by atoms with van der Waals surface area (Å²) in [5.74, 6) is -0.741. The van der Waals surface area contributed by atoms with Crippen LogP contribution < -0.4 is 5.32 Å². The van der Waals surface area contributed by atoms with Crippen molar-refractivity contribution in [2.24, 2.45) is 0 Å². The molecule has 1 amide bonds. The van der Waals surface area contributed by atoms with Crippen LogP contribution in [-0.4, -0.2) is 19.0 Å². The minimum Gasteiger partial charge on any atom is -0.465 e. The van der Waals surface area contributed by atoms with Crippen LogP contribution in [0.4, 0.5) is 5.69 Å². The zero-order valence-electron chi connectivity index (χ0n) is 11.7. The van der Waals surface area contributed by atoms with Crippen molar-refractivity contribution >= 4 is 39.8 Å². The lowest BCUT2D eigenvalue weighted by Gasteiger charge is -2.05. The molecule has 1 aliphatic heterocycles. The van der Waals surface area contributed by atoms with Crippen LogP contribution in [0.25, 0.3) is 10.6 Å². The van der Waals surface area contributed by atoms with Crippen molar-refractivity contribution in [1.29, 1.82) is 0 Å². The molecule has 0 saturated carbocycles. The lowest BCUT2D eigenvalue weighted by Crippen LogP contribution is -2.05. The first kappa shape index (κ1) is 14.4. The van der Waals surface area contributed by atoms with Gasteiger partial charge < -0.3 is 10.1 Å². The highest BCUT2D eigenvalue weighted by Gasteiger charge is 2.28. The SMILES string of the molecule is COC(=O)c1ccc2c(c1)NC(=O)/C2=C(\Cl)c1ccccc1. The summed E-state index contributed by atoms with van der Waals surface area (Å²) in [6.45, 7) is 0. The van der Waals surface area contributed by atoms with E-state index < -0.39 is 5.97 Å². The van der Waals surface area contributed by atoms with E-state index in [0.29, 0.717) is 27.4 Å². The molecule has 0 radical (unpaired) electrons. The van der Waals surface area contributed by atoms with Crippen LogP contribution in [0.2, 0.25) is 0 Å². The molecule has 110 valence electrons. The monoisotopic (exact) mass is 313 g/mol. The molecular weight excluding hydrogens is 302 g/mol. The Kier molecular flexibility index (Phi) is 3.69. The third kappa shape index (κ3) is 2.38. The molecule has 1 heterocycles. The van der Waals surface area contributed by atoms with Crippen LogP contribution in [0.15, 0.2) is 48.5 Å². The molecule has 0 fully saturated rings. The average molecular weight is 314 g/mol. The van der Waals surface area contributed by atoms with Crippen LogP contribution in [-0.2, 0) is 9.53 Å². The van der Waals surface area contributed by atoms with E-state index in [9.17, 15) is 9.59 Å². The number of halogens is 1. The number of hydrogen-bond acceptors (Lipinski definition) is 3. The van der Waals surface area contributed by atoms with E-state index in [-0.39, 0.29) is 5.91 Å². The van der Waals surface area contributed by atoms with E-state index >= 15 is 0 Å². The highest BCUT2D eigenvalue weighted by atomic mass is 35.5. The van der Waals surface area contributed by atoms with Crippen molar-refractivity contribution in [2.45, 2.75) is 0 Å². The maximum absolute atomic E-state index is 12.2. The number of amides is 1. The van der Waals surface area contributed by atoms with Gasteiger partial charge in [0.15, 0.2) is 0 Å². The largest absolute Gasteiger partial charge is 0.465 e. The van der Waals surface area contributed by atoms with Crippen molar-refractivity contribution in [2.75, 3.05) is 12.4 Å². The Hall–Kier alpha value is -2.59. The Balaban J connectivity index is 2.11. The summed E-state index contributed by atoms with van der Waals surface area (Å²) in [6.07, 6.45) is 0. The summed E-state index contributed by atoms with van der Waals surface area (Å²) < 4.78 is 4.68.